The van der Waals surface area contributed by atoms with Crippen LogP contribution >= 0.6 is 0 Å². The number of rotatable bonds is 9. The molecule has 64 heavy (non-hydrogen) atoms. The second-order valence-corrected chi connectivity index (χ2v) is 18.7. The Morgan fingerprint density at radius 2 is 1.11 bits per heavy atom. The number of ether oxygens (including phenoxy) is 1. The van der Waals surface area contributed by atoms with Gasteiger partial charge in [-0.15, -0.1) is 48.1 Å². The fourth-order valence-corrected chi connectivity index (χ4v) is 8.95. The molecular formula is C58H51N4OPt-3. The second kappa shape index (κ2) is 16.6. The molecule has 0 fully saturated rings. The first-order valence-corrected chi connectivity index (χ1v) is 21.8. The van der Waals surface area contributed by atoms with Gasteiger partial charge in [0.05, 0.1) is 0 Å². The quantitative estimate of drug-likeness (QED) is 0.135. The molecule has 0 bridgehead atoms. The van der Waals surface area contributed by atoms with E-state index in [1.54, 1.807) is 0 Å². The average Bonchev–Trinajstić information content (AvgIpc) is 3.85. The van der Waals surface area contributed by atoms with Gasteiger partial charge in [0.25, 0.3) is 0 Å². The normalized spacial score (nSPS) is 13.0. The summed E-state index contributed by atoms with van der Waals surface area (Å²) in [7, 11) is 0. The van der Waals surface area contributed by atoms with Gasteiger partial charge in [-0.3, -0.25) is 0 Å². The molecule has 9 aromatic rings. The summed E-state index contributed by atoms with van der Waals surface area (Å²) < 4.78 is 8.82. The molecular weight excluding hydrogens is 964 g/mol. The van der Waals surface area contributed by atoms with Crippen molar-refractivity contribution in [1.82, 2.24) is 9.55 Å². The van der Waals surface area contributed by atoms with Gasteiger partial charge in [0, 0.05) is 72.2 Å². The Balaban J connectivity index is 0.00000518. The van der Waals surface area contributed by atoms with Crippen molar-refractivity contribution < 1.29 is 25.8 Å². The Morgan fingerprint density at radius 3 is 1.73 bits per heavy atom. The van der Waals surface area contributed by atoms with E-state index in [4.69, 9.17) is 9.72 Å². The van der Waals surface area contributed by atoms with Crippen molar-refractivity contribution >= 4 is 44.6 Å². The van der Waals surface area contributed by atoms with Crippen molar-refractivity contribution in [2.75, 3.05) is 9.80 Å². The van der Waals surface area contributed by atoms with Crippen molar-refractivity contribution in [3.05, 3.63) is 223 Å². The molecule has 0 aliphatic carbocycles. The predicted octanol–water partition coefficient (Wildman–Crippen LogP) is 14.9. The maximum absolute atomic E-state index is 6.64. The SMILES string of the molecule is CC(C)(C)c1ccc2c(c1)c1ccc(Oc3[c-]c(N4[CH-]N(c5cc(C(C)(C)c6ccccc6)cc(C(C)(C)c6ccccc6)c5)c5ccccc54)ccc3)[c-]c1n2-c1ccccn1.[Pt]. The number of hydrogen-bond acceptors (Lipinski definition) is 4. The van der Waals surface area contributed by atoms with Crippen LogP contribution in [0.2, 0.25) is 0 Å². The third-order valence-electron chi connectivity index (χ3n) is 12.9. The third kappa shape index (κ3) is 7.71. The Morgan fingerprint density at radius 1 is 0.500 bits per heavy atom. The number of pyridine rings is 1. The standard InChI is InChI=1S/C58H51N4O.Pt/c1-56(2,3)42-28-31-51-50(36-42)49-30-29-48(38-54(49)62(51)55-27-16-17-32-59-55)63-47-24-18-23-45(37-47)60-39-61(53-26-15-14-25-52(53)60)46-34-43(57(4,5)40-19-10-8-11-20-40)33-44(35-46)58(6,7)41-21-12-9-13-22-41;/h8-36,39H,1-7H3;/q-3;. The monoisotopic (exact) mass is 1010 g/mol. The van der Waals surface area contributed by atoms with Crippen LogP contribution in [0.3, 0.4) is 0 Å². The van der Waals surface area contributed by atoms with E-state index in [1.807, 2.05) is 42.6 Å². The average molecular weight is 1020 g/mol. The van der Waals surface area contributed by atoms with Crippen LogP contribution in [0.5, 0.6) is 11.5 Å². The van der Waals surface area contributed by atoms with Crippen LogP contribution in [0.4, 0.5) is 22.7 Å². The molecule has 1 aliphatic rings. The molecule has 2 aromatic heterocycles. The minimum atomic E-state index is -0.251. The summed E-state index contributed by atoms with van der Waals surface area (Å²) in [6.07, 6.45) is 1.83. The van der Waals surface area contributed by atoms with Gasteiger partial charge in [-0.05, 0) is 81.1 Å². The van der Waals surface area contributed by atoms with Crippen molar-refractivity contribution in [1.29, 1.82) is 0 Å². The number of hydrogen-bond donors (Lipinski definition) is 0. The van der Waals surface area contributed by atoms with Gasteiger partial charge in [-0.2, -0.15) is 12.1 Å². The molecule has 3 heterocycles. The maximum atomic E-state index is 6.64. The van der Waals surface area contributed by atoms with Gasteiger partial charge in [0.1, 0.15) is 5.82 Å². The summed E-state index contributed by atoms with van der Waals surface area (Å²) in [6.45, 7) is 18.2. The Labute approximate surface area is 392 Å². The van der Waals surface area contributed by atoms with Crippen molar-refractivity contribution in [2.24, 2.45) is 0 Å². The largest absolute Gasteiger partial charge is 0.509 e. The zero-order valence-electron chi connectivity index (χ0n) is 37.3. The molecule has 0 amide bonds. The van der Waals surface area contributed by atoms with E-state index in [0.29, 0.717) is 11.5 Å². The molecule has 5 nitrogen and oxygen atoms in total. The minimum Gasteiger partial charge on any atom is -0.509 e. The van der Waals surface area contributed by atoms with E-state index in [2.05, 4.69) is 215 Å². The fraction of sp³-hybridized carbons (Fsp3) is 0.172. The summed E-state index contributed by atoms with van der Waals surface area (Å²) in [5.41, 5.74) is 11.9. The number of fused-ring (bicyclic) bond motifs is 4. The van der Waals surface area contributed by atoms with Gasteiger partial charge in [0.2, 0.25) is 0 Å². The molecule has 7 aromatic carbocycles. The minimum absolute atomic E-state index is 0. The second-order valence-electron chi connectivity index (χ2n) is 18.7. The zero-order valence-corrected chi connectivity index (χ0v) is 39.6. The van der Waals surface area contributed by atoms with Crippen molar-refractivity contribution in [3.63, 3.8) is 0 Å². The molecule has 0 spiro atoms. The molecule has 0 radical (unpaired) electrons. The predicted molar refractivity (Wildman–Crippen MR) is 260 cm³/mol. The van der Waals surface area contributed by atoms with E-state index >= 15 is 0 Å². The van der Waals surface area contributed by atoms with Crippen LogP contribution in [-0.2, 0) is 37.3 Å². The van der Waals surface area contributed by atoms with Gasteiger partial charge in [0.15, 0.2) is 0 Å². The summed E-state index contributed by atoms with van der Waals surface area (Å²) in [6, 6.07) is 67.5. The molecule has 0 unspecified atom stereocenters. The molecule has 0 N–H and O–H groups in total. The summed E-state index contributed by atoms with van der Waals surface area (Å²) >= 11 is 0. The molecule has 1 aliphatic heterocycles. The van der Waals surface area contributed by atoms with Crippen molar-refractivity contribution in [2.45, 2.75) is 64.7 Å². The van der Waals surface area contributed by atoms with E-state index in [1.165, 1.54) is 27.8 Å². The summed E-state index contributed by atoms with van der Waals surface area (Å²) in [5, 5.41) is 2.26. The number of aromatic nitrogens is 2. The van der Waals surface area contributed by atoms with Crippen LogP contribution in [0, 0.1) is 18.8 Å². The van der Waals surface area contributed by atoms with Crippen LogP contribution in [-0.4, -0.2) is 9.55 Å². The number of para-hydroxylation sites is 2. The third-order valence-corrected chi connectivity index (χ3v) is 12.9. The first-order valence-electron chi connectivity index (χ1n) is 21.8. The maximum Gasteiger partial charge on any atom is 0.135 e. The molecule has 6 heteroatoms. The van der Waals surface area contributed by atoms with Gasteiger partial charge < -0.3 is 19.1 Å². The smallest absolute Gasteiger partial charge is 0.135 e. The molecule has 0 saturated carbocycles. The molecule has 322 valence electrons. The topological polar surface area (TPSA) is 33.5 Å². The van der Waals surface area contributed by atoms with Gasteiger partial charge in [-0.1, -0.05) is 151 Å². The molecule has 10 rings (SSSR count). The van der Waals surface area contributed by atoms with Gasteiger partial charge >= 0.3 is 0 Å². The summed E-state index contributed by atoms with van der Waals surface area (Å²) in [4.78, 5) is 9.27. The number of benzene rings is 7. The molecule has 0 atom stereocenters. The first kappa shape index (κ1) is 42.9. The first-order chi connectivity index (χ1) is 30.4. The Bertz CT molecular complexity index is 3040. The van der Waals surface area contributed by atoms with Crippen LogP contribution in [0.15, 0.2) is 176 Å². The number of nitrogens with zero attached hydrogens (tertiary/aromatic N) is 4. The number of anilines is 4. The van der Waals surface area contributed by atoms with E-state index in [0.717, 1.165) is 50.4 Å². The van der Waals surface area contributed by atoms with Crippen LogP contribution in [0.1, 0.15) is 76.3 Å². The summed E-state index contributed by atoms with van der Waals surface area (Å²) in [5.74, 6) is 2.04. The molecule has 0 saturated heterocycles. The Kier molecular flexibility index (Phi) is 11.1. The van der Waals surface area contributed by atoms with Crippen LogP contribution in [0.25, 0.3) is 27.6 Å². The van der Waals surface area contributed by atoms with Gasteiger partial charge in [-0.25, -0.2) is 4.98 Å². The van der Waals surface area contributed by atoms with Crippen molar-refractivity contribution in [3.8, 4) is 17.3 Å². The van der Waals surface area contributed by atoms with Crippen LogP contribution < -0.4 is 14.5 Å². The van der Waals surface area contributed by atoms with E-state index in [-0.39, 0.29) is 37.3 Å². The van der Waals surface area contributed by atoms with E-state index < -0.39 is 0 Å². The Hall–Kier alpha value is -6.42. The van der Waals surface area contributed by atoms with E-state index in [9.17, 15) is 0 Å². The fourth-order valence-electron chi connectivity index (χ4n) is 8.95. The zero-order chi connectivity index (χ0) is 43.5.